The van der Waals surface area contributed by atoms with Gasteiger partial charge in [0.05, 0.1) is 5.56 Å². The molecule has 0 heterocycles. The fourth-order valence-electron chi connectivity index (χ4n) is 1.77. The summed E-state index contributed by atoms with van der Waals surface area (Å²) in [6, 6.07) is 4.38. The van der Waals surface area contributed by atoms with Crippen LogP contribution >= 0.6 is 0 Å². The van der Waals surface area contributed by atoms with Crippen LogP contribution in [0.15, 0.2) is 18.2 Å². The molecule has 0 aliphatic carbocycles. The SMILES string of the molecule is Cc1cc(CC(C)(C)C)ccc1C(F)(F)F. The molecule has 0 radical (unpaired) electrons. The highest BCUT2D eigenvalue weighted by molar-refractivity contribution is 5.33. The van der Waals surface area contributed by atoms with E-state index in [4.69, 9.17) is 0 Å². The highest BCUT2D eigenvalue weighted by Crippen LogP contribution is 2.33. The molecule has 0 bridgehead atoms. The summed E-state index contributed by atoms with van der Waals surface area (Å²) in [4.78, 5) is 0. The quantitative estimate of drug-likeness (QED) is 0.661. The van der Waals surface area contributed by atoms with Crippen molar-refractivity contribution in [2.24, 2.45) is 5.41 Å². The highest BCUT2D eigenvalue weighted by Gasteiger charge is 2.32. The van der Waals surface area contributed by atoms with Crippen molar-refractivity contribution in [3.63, 3.8) is 0 Å². The zero-order valence-electron chi connectivity index (χ0n) is 10.1. The second kappa shape index (κ2) is 4.11. The summed E-state index contributed by atoms with van der Waals surface area (Å²) in [5.74, 6) is 0. The van der Waals surface area contributed by atoms with Gasteiger partial charge in [-0.25, -0.2) is 0 Å². The first-order chi connectivity index (χ1) is 7.09. The largest absolute Gasteiger partial charge is 0.416 e. The van der Waals surface area contributed by atoms with Crippen LogP contribution in [0.25, 0.3) is 0 Å². The monoisotopic (exact) mass is 230 g/mol. The molecular weight excluding hydrogens is 213 g/mol. The smallest absolute Gasteiger partial charge is 0.166 e. The Balaban J connectivity index is 3.01. The van der Waals surface area contributed by atoms with Crippen LogP contribution in [-0.2, 0) is 12.6 Å². The molecule has 0 atom stereocenters. The van der Waals surface area contributed by atoms with E-state index < -0.39 is 11.7 Å². The third kappa shape index (κ3) is 3.54. The van der Waals surface area contributed by atoms with Crippen LogP contribution in [0, 0.1) is 12.3 Å². The minimum absolute atomic E-state index is 0.0895. The summed E-state index contributed by atoms with van der Waals surface area (Å²) < 4.78 is 37.6. The van der Waals surface area contributed by atoms with Crippen LogP contribution in [0.5, 0.6) is 0 Å². The second-order valence-electron chi connectivity index (χ2n) is 5.38. The Morgan fingerprint density at radius 3 is 2.00 bits per heavy atom. The molecule has 1 aromatic rings. The van der Waals surface area contributed by atoms with Crippen molar-refractivity contribution in [3.8, 4) is 0 Å². The summed E-state index contributed by atoms with van der Waals surface area (Å²) in [7, 11) is 0. The molecule has 0 aromatic heterocycles. The van der Waals surface area contributed by atoms with Gasteiger partial charge in [0.2, 0.25) is 0 Å². The fraction of sp³-hybridized carbons (Fsp3) is 0.538. The van der Waals surface area contributed by atoms with E-state index in [1.165, 1.54) is 13.0 Å². The van der Waals surface area contributed by atoms with Gasteiger partial charge in [-0.3, -0.25) is 0 Å². The molecule has 3 heteroatoms. The predicted octanol–water partition coefficient (Wildman–Crippen LogP) is 4.60. The summed E-state index contributed by atoms with van der Waals surface area (Å²) in [5, 5.41) is 0. The Hall–Kier alpha value is -0.990. The van der Waals surface area contributed by atoms with Gasteiger partial charge >= 0.3 is 6.18 Å². The molecule has 0 aliphatic heterocycles. The number of aryl methyl sites for hydroxylation is 1. The van der Waals surface area contributed by atoms with Crippen molar-refractivity contribution in [2.75, 3.05) is 0 Å². The Kier molecular flexibility index (Phi) is 3.36. The van der Waals surface area contributed by atoms with Crippen molar-refractivity contribution in [2.45, 2.75) is 40.3 Å². The molecule has 0 nitrogen and oxygen atoms in total. The van der Waals surface area contributed by atoms with Crippen LogP contribution in [0.4, 0.5) is 13.2 Å². The summed E-state index contributed by atoms with van der Waals surface area (Å²) >= 11 is 0. The molecule has 90 valence electrons. The van der Waals surface area contributed by atoms with E-state index in [1.807, 2.05) is 0 Å². The third-order valence-electron chi connectivity index (χ3n) is 2.33. The van der Waals surface area contributed by atoms with Crippen LogP contribution in [0.2, 0.25) is 0 Å². The van der Waals surface area contributed by atoms with E-state index in [0.29, 0.717) is 5.56 Å². The lowest BCUT2D eigenvalue weighted by atomic mass is 9.87. The summed E-state index contributed by atoms with van der Waals surface area (Å²) in [6.07, 6.45) is -3.46. The van der Waals surface area contributed by atoms with Crippen LogP contribution < -0.4 is 0 Å². The molecule has 0 saturated carbocycles. The number of rotatable bonds is 1. The molecule has 0 unspecified atom stereocenters. The topological polar surface area (TPSA) is 0 Å². The van der Waals surface area contributed by atoms with Crippen molar-refractivity contribution in [1.82, 2.24) is 0 Å². The first-order valence-corrected chi connectivity index (χ1v) is 5.26. The summed E-state index contributed by atoms with van der Waals surface area (Å²) in [6.45, 7) is 7.72. The van der Waals surface area contributed by atoms with Gasteiger partial charge in [-0.2, -0.15) is 13.2 Å². The fourth-order valence-corrected chi connectivity index (χ4v) is 1.77. The lowest BCUT2D eigenvalue weighted by Crippen LogP contribution is -2.11. The van der Waals surface area contributed by atoms with Gasteiger partial charge in [-0.1, -0.05) is 32.9 Å². The van der Waals surface area contributed by atoms with Gasteiger partial charge in [-0.15, -0.1) is 0 Å². The lowest BCUT2D eigenvalue weighted by molar-refractivity contribution is -0.138. The first kappa shape index (κ1) is 13.1. The third-order valence-corrected chi connectivity index (χ3v) is 2.33. The Labute approximate surface area is 94.5 Å². The molecule has 1 rings (SSSR count). The number of benzene rings is 1. The minimum Gasteiger partial charge on any atom is -0.166 e. The number of alkyl halides is 3. The van der Waals surface area contributed by atoms with Gasteiger partial charge < -0.3 is 0 Å². The first-order valence-electron chi connectivity index (χ1n) is 5.26. The molecule has 0 fully saturated rings. The van der Waals surface area contributed by atoms with Crippen LogP contribution in [-0.4, -0.2) is 0 Å². The van der Waals surface area contributed by atoms with Gasteiger partial charge in [0.15, 0.2) is 0 Å². The van der Waals surface area contributed by atoms with Gasteiger partial charge in [0, 0.05) is 0 Å². The molecule has 0 amide bonds. The van der Waals surface area contributed by atoms with Crippen molar-refractivity contribution in [3.05, 3.63) is 34.9 Å². The maximum Gasteiger partial charge on any atom is 0.416 e. The molecular formula is C13H17F3. The average Bonchev–Trinajstić information content (AvgIpc) is 1.97. The normalized spacial score (nSPS) is 12.9. The molecule has 0 saturated heterocycles. The van der Waals surface area contributed by atoms with E-state index >= 15 is 0 Å². The predicted molar refractivity (Wildman–Crippen MR) is 59.3 cm³/mol. The maximum atomic E-state index is 12.5. The van der Waals surface area contributed by atoms with Crippen molar-refractivity contribution < 1.29 is 13.2 Å². The number of hydrogen-bond donors (Lipinski definition) is 0. The van der Waals surface area contributed by atoms with Crippen molar-refractivity contribution >= 4 is 0 Å². The second-order valence-corrected chi connectivity index (χ2v) is 5.38. The van der Waals surface area contributed by atoms with E-state index in [1.54, 1.807) is 12.1 Å². The molecule has 1 aromatic carbocycles. The molecule has 0 spiro atoms. The maximum absolute atomic E-state index is 12.5. The average molecular weight is 230 g/mol. The van der Waals surface area contributed by atoms with Crippen molar-refractivity contribution in [1.29, 1.82) is 0 Å². The minimum atomic E-state index is -4.25. The number of hydrogen-bond acceptors (Lipinski definition) is 0. The number of halogens is 3. The van der Waals surface area contributed by atoms with E-state index in [-0.39, 0.29) is 5.41 Å². The van der Waals surface area contributed by atoms with Gasteiger partial charge in [0.25, 0.3) is 0 Å². The van der Waals surface area contributed by atoms with E-state index in [2.05, 4.69) is 20.8 Å². The molecule has 0 aliphatic rings. The Morgan fingerprint density at radius 1 is 1.06 bits per heavy atom. The zero-order chi connectivity index (χ0) is 12.6. The Bertz CT molecular complexity index is 370. The van der Waals surface area contributed by atoms with Crippen LogP contribution in [0.1, 0.15) is 37.5 Å². The highest BCUT2D eigenvalue weighted by atomic mass is 19.4. The Morgan fingerprint density at radius 2 is 1.62 bits per heavy atom. The standard InChI is InChI=1S/C13H17F3/c1-9-7-10(8-12(2,3)4)5-6-11(9)13(14,15)16/h5-7H,8H2,1-4H3. The zero-order valence-corrected chi connectivity index (χ0v) is 10.1. The molecule has 0 N–H and O–H groups in total. The summed E-state index contributed by atoms with van der Waals surface area (Å²) in [5.41, 5.74) is 0.809. The lowest BCUT2D eigenvalue weighted by Gasteiger charge is -2.19. The molecule has 16 heavy (non-hydrogen) atoms. The van der Waals surface area contributed by atoms with Gasteiger partial charge in [-0.05, 0) is 36.0 Å². The van der Waals surface area contributed by atoms with Gasteiger partial charge in [0.1, 0.15) is 0 Å². The van der Waals surface area contributed by atoms with Crippen LogP contribution in [0.3, 0.4) is 0 Å². The van der Waals surface area contributed by atoms with E-state index in [0.717, 1.165) is 12.0 Å². The van der Waals surface area contributed by atoms with E-state index in [9.17, 15) is 13.2 Å².